The van der Waals surface area contributed by atoms with Crippen molar-refractivity contribution in [3.05, 3.63) is 0 Å². The molecule has 0 bridgehead atoms. The van der Waals surface area contributed by atoms with Crippen LogP contribution in [0.3, 0.4) is 0 Å². The second-order valence-electron chi connectivity index (χ2n) is 5.53. The van der Waals surface area contributed by atoms with Gasteiger partial charge in [0, 0.05) is 6.26 Å². The molecule has 1 aliphatic carbocycles. The van der Waals surface area contributed by atoms with E-state index in [1.54, 1.807) is 0 Å². The minimum Gasteiger partial charge on any atom is -0.252 e. The van der Waals surface area contributed by atoms with Crippen LogP contribution in [-0.2, 0) is 24.1 Å². The molecule has 0 aromatic carbocycles. The number of alkyl halides is 4. The highest BCUT2D eigenvalue weighted by Crippen LogP contribution is 2.39. The molecular weight excluding hydrogens is 352 g/mol. The first-order valence-corrected chi connectivity index (χ1v) is 9.93. The maximum Gasteiger partial charge on any atom is 0.420 e. The predicted molar refractivity (Wildman–Crippen MR) is 71.1 cm³/mol. The summed E-state index contributed by atoms with van der Waals surface area (Å²) in [5, 5.41) is -5.09. The van der Waals surface area contributed by atoms with Crippen molar-refractivity contribution in [3.8, 4) is 0 Å². The van der Waals surface area contributed by atoms with E-state index >= 15 is 0 Å². The molecule has 0 amide bonds. The van der Waals surface area contributed by atoms with Crippen molar-refractivity contribution in [1.29, 1.82) is 0 Å². The van der Waals surface area contributed by atoms with E-state index < -0.39 is 42.5 Å². The van der Waals surface area contributed by atoms with Crippen LogP contribution in [0.1, 0.15) is 39.0 Å². The molecule has 1 rings (SSSR count). The van der Waals surface area contributed by atoms with Crippen LogP contribution in [0.2, 0.25) is 0 Å². The van der Waals surface area contributed by atoms with Gasteiger partial charge >= 0.3 is 6.18 Å². The lowest BCUT2D eigenvalue weighted by atomic mass is 10.0. The molecule has 0 saturated heterocycles. The zero-order chi connectivity index (χ0) is 17.4. The van der Waals surface area contributed by atoms with Gasteiger partial charge in [0.1, 0.15) is 0 Å². The Morgan fingerprint density at radius 2 is 1.45 bits per heavy atom. The third-order valence-electron chi connectivity index (χ3n) is 3.68. The molecule has 11 heteroatoms. The SMILES string of the molecule is CC(F)(C(OS(=O)(=O)C1CCCCC1)C(F)(F)F)S(C)(=O)=O. The van der Waals surface area contributed by atoms with Gasteiger partial charge in [0.05, 0.1) is 5.25 Å². The molecule has 0 heterocycles. The highest BCUT2D eigenvalue weighted by atomic mass is 32.2. The molecule has 0 aromatic heterocycles. The first kappa shape index (κ1) is 19.6. The van der Waals surface area contributed by atoms with Crippen molar-refractivity contribution < 1.29 is 38.6 Å². The number of hydrogen-bond acceptors (Lipinski definition) is 5. The van der Waals surface area contributed by atoms with Gasteiger partial charge in [-0.2, -0.15) is 21.6 Å². The van der Waals surface area contributed by atoms with Crippen molar-refractivity contribution in [2.75, 3.05) is 6.26 Å². The van der Waals surface area contributed by atoms with Crippen LogP contribution in [0.4, 0.5) is 17.6 Å². The Labute approximate surface area is 127 Å². The largest absolute Gasteiger partial charge is 0.420 e. The fourth-order valence-corrected chi connectivity index (χ4v) is 4.45. The highest BCUT2D eigenvalue weighted by molar-refractivity contribution is 7.92. The molecule has 0 aliphatic heterocycles. The Kier molecular flexibility index (Phi) is 5.56. The molecule has 0 radical (unpaired) electrons. The summed E-state index contributed by atoms with van der Waals surface area (Å²) in [5.74, 6) is 0. The summed E-state index contributed by atoms with van der Waals surface area (Å²) in [6.07, 6.45) is -6.87. The second kappa shape index (κ2) is 6.23. The van der Waals surface area contributed by atoms with Crippen molar-refractivity contribution in [3.63, 3.8) is 0 Å². The van der Waals surface area contributed by atoms with E-state index in [0.29, 0.717) is 12.8 Å². The van der Waals surface area contributed by atoms with Gasteiger partial charge in [0.15, 0.2) is 9.84 Å². The average molecular weight is 370 g/mol. The summed E-state index contributed by atoms with van der Waals surface area (Å²) >= 11 is 0. The van der Waals surface area contributed by atoms with E-state index in [1.807, 2.05) is 0 Å². The van der Waals surface area contributed by atoms with Gasteiger partial charge in [-0.15, -0.1) is 0 Å². The van der Waals surface area contributed by atoms with Gasteiger partial charge in [-0.3, -0.25) is 4.18 Å². The van der Waals surface area contributed by atoms with Crippen LogP contribution in [0.25, 0.3) is 0 Å². The molecule has 0 spiro atoms. The monoisotopic (exact) mass is 370 g/mol. The summed E-state index contributed by atoms with van der Waals surface area (Å²) in [7, 11) is -9.60. The van der Waals surface area contributed by atoms with Gasteiger partial charge in [-0.25, -0.2) is 12.8 Å². The third-order valence-corrected chi connectivity index (χ3v) is 7.09. The molecule has 0 N–H and O–H groups in total. The Bertz CT molecular complexity index is 588. The van der Waals surface area contributed by atoms with Crippen LogP contribution < -0.4 is 0 Å². The standard InChI is InChI=1S/C11H18F4O5S2/c1-10(12,21(2,16)17)9(11(13,14)15)20-22(18,19)8-6-4-3-5-7-8/h8-9H,3-7H2,1-2H3. The van der Waals surface area contributed by atoms with E-state index in [9.17, 15) is 34.4 Å². The maximum atomic E-state index is 14.2. The van der Waals surface area contributed by atoms with Crippen molar-refractivity contribution >= 4 is 20.0 Å². The normalized spacial score (nSPS) is 23.0. The third kappa shape index (κ3) is 4.31. The van der Waals surface area contributed by atoms with E-state index in [2.05, 4.69) is 4.18 Å². The lowest BCUT2D eigenvalue weighted by molar-refractivity contribution is -0.215. The smallest absolute Gasteiger partial charge is 0.252 e. The highest BCUT2D eigenvalue weighted by Gasteiger charge is 2.61. The molecule has 2 atom stereocenters. The maximum absolute atomic E-state index is 14.2. The van der Waals surface area contributed by atoms with Gasteiger partial charge < -0.3 is 0 Å². The van der Waals surface area contributed by atoms with Crippen LogP contribution in [0.5, 0.6) is 0 Å². The molecule has 5 nitrogen and oxygen atoms in total. The summed E-state index contributed by atoms with van der Waals surface area (Å²) < 4.78 is 103. The summed E-state index contributed by atoms with van der Waals surface area (Å²) in [5.41, 5.74) is 0. The van der Waals surface area contributed by atoms with Crippen molar-refractivity contribution in [2.24, 2.45) is 0 Å². The topological polar surface area (TPSA) is 77.5 Å². The Balaban J connectivity index is 3.15. The summed E-state index contributed by atoms with van der Waals surface area (Å²) in [4.78, 5) is 0. The number of sulfone groups is 1. The van der Waals surface area contributed by atoms with Crippen molar-refractivity contribution in [1.82, 2.24) is 0 Å². The van der Waals surface area contributed by atoms with Crippen LogP contribution in [0.15, 0.2) is 0 Å². The van der Waals surface area contributed by atoms with E-state index in [1.165, 1.54) is 0 Å². The molecule has 0 aromatic rings. The van der Waals surface area contributed by atoms with Gasteiger partial charge in [0.25, 0.3) is 10.1 Å². The number of halogens is 4. The molecule has 2 unspecified atom stereocenters. The first-order valence-electron chi connectivity index (χ1n) is 6.57. The fourth-order valence-electron chi connectivity index (χ4n) is 2.19. The van der Waals surface area contributed by atoms with Crippen molar-refractivity contribution in [2.45, 2.75) is 61.6 Å². The van der Waals surface area contributed by atoms with Gasteiger partial charge in [0.2, 0.25) is 11.1 Å². The predicted octanol–water partition coefficient (Wildman–Crippen LogP) is 2.33. The average Bonchev–Trinajstić information content (AvgIpc) is 2.34. The minimum absolute atomic E-state index is 0.106. The number of rotatable bonds is 5. The van der Waals surface area contributed by atoms with E-state index in [4.69, 9.17) is 0 Å². The molecule has 1 saturated carbocycles. The molecule has 1 aliphatic rings. The van der Waals surface area contributed by atoms with Crippen LogP contribution in [-0.4, -0.2) is 45.6 Å². The van der Waals surface area contributed by atoms with Gasteiger partial charge in [-0.1, -0.05) is 19.3 Å². The molecular formula is C11H18F4O5S2. The lowest BCUT2D eigenvalue weighted by Gasteiger charge is -2.31. The quantitative estimate of drug-likeness (QED) is 0.548. The number of hydrogen-bond donors (Lipinski definition) is 0. The van der Waals surface area contributed by atoms with E-state index in [-0.39, 0.29) is 26.0 Å². The molecule has 132 valence electrons. The van der Waals surface area contributed by atoms with Gasteiger partial charge in [-0.05, 0) is 19.8 Å². The molecule has 1 fully saturated rings. The summed E-state index contributed by atoms with van der Waals surface area (Å²) in [6, 6.07) is 0. The summed E-state index contributed by atoms with van der Waals surface area (Å²) in [6.45, 7) is 0.150. The zero-order valence-corrected chi connectivity index (χ0v) is 13.7. The minimum atomic E-state index is -5.49. The molecule has 22 heavy (non-hydrogen) atoms. The fraction of sp³-hybridized carbons (Fsp3) is 1.00. The van der Waals surface area contributed by atoms with Crippen LogP contribution >= 0.6 is 0 Å². The second-order valence-corrected chi connectivity index (χ2v) is 9.72. The first-order chi connectivity index (χ1) is 9.69. The Morgan fingerprint density at radius 1 is 1.00 bits per heavy atom. The Hall–Kier alpha value is -0.420. The zero-order valence-electron chi connectivity index (χ0n) is 12.1. The van der Waals surface area contributed by atoms with Crippen LogP contribution in [0, 0.1) is 0 Å². The van der Waals surface area contributed by atoms with E-state index in [0.717, 1.165) is 6.42 Å². The Morgan fingerprint density at radius 3 is 1.82 bits per heavy atom. The lowest BCUT2D eigenvalue weighted by Crippen LogP contribution is -2.53.